The quantitative estimate of drug-likeness (QED) is 0.619. The van der Waals surface area contributed by atoms with E-state index >= 15 is 0 Å². The molecular weight excluding hydrogens is 395 g/mol. The fourth-order valence-electron chi connectivity index (χ4n) is 3.87. The van der Waals surface area contributed by atoms with E-state index in [1.54, 1.807) is 18.2 Å². The van der Waals surface area contributed by atoms with Crippen LogP contribution >= 0.6 is 0 Å². The number of hydrogen-bond donors (Lipinski definition) is 0. The van der Waals surface area contributed by atoms with Gasteiger partial charge in [0, 0.05) is 5.54 Å². The summed E-state index contributed by atoms with van der Waals surface area (Å²) in [7, 11) is 0. The monoisotopic (exact) mass is 424 g/mol. The highest BCUT2D eigenvalue weighted by atomic mass is 19.1. The van der Waals surface area contributed by atoms with Crippen LogP contribution in [0.15, 0.2) is 48.5 Å². The first-order valence-electron chi connectivity index (χ1n) is 10.6. The lowest BCUT2D eigenvalue weighted by atomic mass is 9.94. The predicted molar refractivity (Wildman–Crippen MR) is 118 cm³/mol. The summed E-state index contributed by atoms with van der Waals surface area (Å²) in [5.74, 6) is -1.75. The molecule has 2 aromatic carbocycles. The summed E-state index contributed by atoms with van der Waals surface area (Å²) in [5.41, 5.74) is 0.721. The summed E-state index contributed by atoms with van der Waals surface area (Å²) in [4.78, 5) is 42.1. The van der Waals surface area contributed by atoms with Crippen LogP contribution in [0.1, 0.15) is 69.3 Å². The van der Waals surface area contributed by atoms with Crippen LogP contribution in [-0.4, -0.2) is 34.2 Å². The number of imide groups is 1. The molecule has 0 spiro atoms. The highest BCUT2D eigenvalue weighted by molar-refractivity contribution is 6.23. The van der Waals surface area contributed by atoms with Crippen molar-refractivity contribution in [3.05, 3.63) is 65.5 Å². The van der Waals surface area contributed by atoms with Crippen LogP contribution in [0.5, 0.6) is 0 Å². The zero-order valence-corrected chi connectivity index (χ0v) is 18.7. The number of carbonyl (C=O) groups is 3. The summed E-state index contributed by atoms with van der Waals surface area (Å²) in [6.07, 6.45) is 0.405. The Hall–Kier alpha value is -3.02. The van der Waals surface area contributed by atoms with E-state index in [2.05, 4.69) is 13.8 Å². The second kappa shape index (κ2) is 8.61. The summed E-state index contributed by atoms with van der Waals surface area (Å²) >= 11 is 0. The van der Waals surface area contributed by atoms with Gasteiger partial charge < -0.3 is 4.90 Å². The second-order valence-electron chi connectivity index (χ2n) is 8.85. The topological polar surface area (TPSA) is 57.7 Å². The Balaban J connectivity index is 1.99. The molecule has 31 heavy (non-hydrogen) atoms. The lowest BCUT2D eigenvalue weighted by Gasteiger charge is -2.41. The van der Waals surface area contributed by atoms with Gasteiger partial charge in [0.2, 0.25) is 5.91 Å². The van der Waals surface area contributed by atoms with Crippen molar-refractivity contribution >= 4 is 23.4 Å². The molecule has 0 aliphatic carbocycles. The van der Waals surface area contributed by atoms with Gasteiger partial charge in [-0.2, -0.15) is 0 Å². The van der Waals surface area contributed by atoms with Crippen LogP contribution in [0.4, 0.5) is 10.1 Å². The van der Waals surface area contributed by atoms with Gasteiger partial charge >= 0.3 is 0 Å². The number of nitrogens with zero attached hydrogens (tertiary/aromatic N) is 2. The van der Waals surface area contributed by atoms with Crippen molar-refractivity contribution in [3.63, 3.8) is 0 Å². The molecule has 1 atom stereocenters. The highest BCUT2D eigenvalue weighted by Crippen LogP contribution is 2.33. The van der Waals surface area contributed by atoms with Crippen LogP contribution in [-0.2, 0) is 9.59 Å². The van der Waals surface area contributed by atoms with Gasteiger partial charge in [-0.3, -0.25) is 14.4 Å². The minimum Gasteiger partial charge on any atom is -0.321 e. The Morgan fingerprint density at radius 3 is 2.29 bits per heavy atom. The van der Waals surface area contributed by atoms with E-state index in [0.29, 0.717) is 18.0 Å². The highest BCUT2D eigenvalue weighted by Gasteiger charge is 2.48. The lowest BCUT2D eigenvalue weighted by molar-refractivity contribution is -0.123. The number of carbonyl (C=O) groups excluding carboxylic acids is 3. The number of amides is 3. The molecule has 3 amide bonds. The van der Waals surface area contributed by atoms with Crippen molar-refractivity contribution in [2.24, 2.45) is 0 Å². The first kappa shape index (κ1) is 22.7. The summed E-state index contributed by atoms with van der Waals surface area (Å²) < 4.78 is 14.4. The molecule has 0 bridgehead atoms. The Labute approximate surface area is 182 Å². The summed E-state index contributed by atoms with van der Waals surface area (Å²) in [6.45, 7) is 9.67. The molecule has 0 N–H and O–H groups in total. The molecule has 1 heterocycles. The molecule has 1 aliphatic heterocycles. The van der Waals surface area contributed by atoms with Gasteiger partial charge in [-0.25, -0.2) is 9.29 Å². The molecule has 2 aromatic rings. The Morgan fingerprint density at radius 2 is 1.74 bits per heavy atom. The standard InChI is InChI=1S/C25H29FN2O3/c1-6-25(4,5)28(23(30)19-9-7-8-10-20(19)26)21-15-22(29)27(24(21)31)18-13-11-17(12-14-18)16(2)3/h7-14,16,21H,6,15H2,1-5H3. The first-order valence-corrected chi connectivity index (χ1v) is 10.6. The number of benzene rings is 2. The van der Waals surface area contributed by atoms with E-state index in [-0.39, 0.29) is 17.9 Å². The fourth-order valence-corrected chi connectivity index (χ4v) is 3.87. The predicted octanol–water partition coefficient (Wildman–Crippen LogP) is 4.91. The fraction of sp³-hybridized carbons (Fsp3) is 0.400. The molecule has 1 aliphatic rings. The first-order chi connectivity index (χ1) is 14.6. The molecule has 164 valence electrons. The van der Waals surface area contributed by atoms with E-state index in [1.807, 2.05) is 32.9 Å². The minimum atomic E-state index is -0.987. The van der Waals surface area contributed by atoms with Crippen molar-refractivity contribution in [1.29, 1.82) is 0 Å². The average Bonchev–Trinajstić information content (AvgIpc) is 3.01. The smallest absolute Gasteiger partial charge is 0.257 e. The Morgan fingerprint density at radius 1 is 1.13 bits per heavy atom. The molecule has 0 radical (unpaired) electrons. The lowest BCUT2D eigenvalue weighted by Crippen LogP contribution is -2.55. The minimum absolute atomic E-state index is 0.107. The third kappa shape index (κ3) is 4.24. The SMILES string of the molecule is CCC(C)(C)N(C(=O)c1ccccc1F)C1CC(=O)N(c2ccc(C(C)C)cc2)C1=O. The number of halogens is 1. The summed E-state index contributed by atoms with van der Waals surface area (Å²) in [5, 5.41) is 0. The van der Waals surface area contributed by atoms with Crippen molar-refractivity contribution in [2.45, 2.75) is 65.0 Å². The molecule has 1 saturated heterocycles. The molecule has 1 fully saturated rings. The van der Waals surface area contributed by atoms with Gasteiger partial charge in [-0.05, 0) is 56.0 Å². The molecule has 5 nitrogen and oxygen atoms in total. The third-order valence-electron chi connectivity index (χ3n) is 6.09. The van der Waals surface area contributed by atoms with Crippen molar-refractivity contribution in [1.82, 2.24) is 4.90 Å². The normalized spacial score (nSPS) is 16.9. The van der Waals surface area contributed by atoms with E-state index in [1.165, 1.54) is 23.1 Å². The van der Waals surface area contributed by atoms with Gasteiger partial charge in [0.25, 0.3) is 11.8 Å². The molecular formula is C25H29FN2O3. The van der Waals surface area contributed by atoms with Crippen LogP contribution < -0.4 is 4.90 Å². The maximum Gasteiger partial charge on any atom is 0.257 e. The van der Waals surface area contributed by atoms with Gasteiger partial charge in [-0.1, -0.05) is 45.0 Å². The van der Waals surface area contributed by atoms with Crippen LogP contribution in [0, 0.1) is 5.82 Å². The second-order valence-corrected chi connectivity index (χ2v) is 8.85. The summed E-state index contributed by atoms with van der Waals surface area (Å²) in [6, 6.07) is 12.0. The van der Waals surface area contributed by atoms with Gasteiger partial charge in [0.15, 0.2) is 0 Å². The molecule has 0 aromatic heterocycles. The molecule has 3 rings (SSSR count). The Bertz CT molecular complexity index is 998. The van der Waals surface area contributed by atoms with E-state index in [0.717, 1.165) is 10.5 Å². The van der Waals surface area contributed by atoms with E-state index in [4.69, 9.17) is 0 Å². The van der Waals surface area contributed by atoms with E-state index < -0.39 is 29.2 Å². The number of rotatable bonds is 6. The zero-order valence-electron chi connectivity index (χ0n) is 18.7. The molecule has 0 saturated carbocycles. The van der Waals surface area contributed by atoms with Crippen molar-refractivity contribution < 1.29 is 18.8 Å². The van der Waals surface area contributed by atoms with Crippen LogP contribution in [0.2, 0.25) is 0 Å². The van der Waals surface area contributed by atoms with E-state index in [9.17, 15) is 18.8 Å². The molecule has 6 heteroatoms. The third-order valence-corrected chi connectivity index (χ3v) is 6.09. The van der Waals surface area contributed by atoms with Gasteiger partial charge in [0.05, 0.1) is 17.7 Å². The van der Waals surface area contributed by atoms with Crippen LogP contribution in [0.3, 0.4) is 0 Å². The maximum absolute atomic E-state index is 14.4. The average molecular weight is 425 g/mol. The van der Waals surface area contributed by atoms with Gasteiger partial charge in [-0.15, -0.1) is 0 Å². The van der Waals surface area contributed by atoms with Gasteiger partial charge in [0.1, 0.15) is 11.9 Å². The number of hydrogen-bond acceptors (Lipinski definition) is 3. The maximum atomic E-state index is 14.4. The van der Waals surface area contributed by atoms with Crippen LogP contribution in [0.25, 0.3) is 0 Å². The largest absolute Gasteiger partial charge is 0.321 e. The van der Waals surface area contributed by atoms with Crippen molar-refractivity contribution in [2.75, 3.05) is 4.90 Å². The molecule has 1 unspecified atom stereocenters. The number of anilines is 1. The zero-order chi connectivity index (χ0) is 22.9. The Kier molecular flexibility index (Phi) is 6.30. The van der Waals surface area contributed by atoms with Crippen molar-refractivity contribution in [3.8, 4) is 0 Å².